The van der Waals surface area contributed by atoms with Crippen LogP contribution in [0.4, 0.5) is 5.69 Å². The van der Waals surface area contributed by atoms with Crippen LogP contribution in [0.3, 0.4) is 0 Å². The van der Waals surface area contributed by atoms with Crippen molar-refractivity contribution in [1.82, 2.24) is 5.32 Å². The van der Waals surface area contributed by atoms with E-state index in [1.807, 2.05) is 19.1 Å². The van der Waals surface area contributed by atoms with E-state index in [4.69, 9.17) is 10.00 Å². The van der Waals surface area contributed by atoms with Crippen LogP contribution in [0.1, 0.15) is 29.7 Å². The normalized spacial score (nSPS) is 11.5. The standard InChI is InChI=1S/C17H17N3O3/c1-12(14-4-3-5-16(9-14)20(21)22)19-11-15-7-6-13(10-18)8-17(15)23-2/h3-9,12,19H,11H2,1-2H3/t12-/m0/s1. The summed E-state index contributed by atoms with van der Waals surface area (Å²) in [5, 5.41) is 23.1. The van der Waals surface area contributed by atoms with Gasteiger partial charge in [-0.2, -0.15) is 5.26 Å². The zero-order valence-electron chi connectivity index (χ0n) is 12.9. The Hall–Kier alpha value is -2.91. The van der Waals surface area contributed by atoms with Gasteiger partial charge in [0.15, 0.2) is 0 Å². The molecule has 0 spiro atoms. The van der Waals surface area contributed by atoms with Gasteiger partial charge in [0.1, 0.15) is 5.75 Å². The zero-order chi connectivity index (χ0) is 16.8. The summed E-state index contributed by atoms with van der Waals surface area (Å²) in [5.41, 5.74) is 2.38. The fourth-order valence-electron chi connectivity index (χ4n) is 2.25. The van der Waals surface area contributed by atoms with Crippen LogP contribution >= 0.6 is 0 Å². The minimum absolute atomic E-state index is 0.0600. The lowest BCUT2D eigenvalue weighted by molar-refractivity contribution is -0.384. The molecule has 118 valence electrons. The van der Waals surface area contributed by atoms with Gasteiger partial charge in [0.25, 0.3) is 5.69 Å². The van der Waals surface area contributed by atoms with E-state index in [1.165, 1.54) is 6.07 Å². The van der Waals surface area contributed by atoms with Crippen molar-refractivity contribution in [2.75, 3.05) is 7.11 Å². The van der Waals surface area contributed by atoms with E-state index in [-0.39, 0.29) is 11.7 Å². The quantitative estimate of drug-likeness (QED) is 0.653. The lowest BCUT2D eigenvalue weighted by Crippen LogP contribution is -2.18. The molecule has 0 unspecified atom stereocenters. The SMILES string of the molecule is COc1cc(C#N)ccc1CN[C@@H](C)c1cccc([N+](=O)[O-])c1. The first-order valence-corrected chi connectivity index (χ1v) is 7.10. The maximum atomic E-state index is 10.8. The third-order valence-corrected chi connectivity index (χ3v) is 3.60. The summed E-state index contributed by atoms with van der Waals surface area (Å²) in [6.45, 7) is 2.47. The number of hydrogen-bond acceptors (Lipinski definition) is 5. The average molecular weight is 311 g/mol. The number of methoxy groups -OCH3 is 1. The lowest BCUT2D eigenvalue weighted by Gasteiger charge is -2.16. The Morgan fingerprint density at radius 2 is 2.13 bits per heavy atom. The number of benzene rings is 2. The van der Waals surface area contributed by atoms with Crippen LogP contribution in [-0.4, -0.2) is 12.0 Å². The molecule has 6 nitrogen and oxygen atoms in total. The van der Waals surface area contributed by atoms with E-state index >= 15 is 0 Å². The molecule has 2 aromatic carbocycles. The van der Waals surface area contributed by atoms with Crippen LogP contribution in [-0.2, 0) is 6.54 Å². The number of ether oxygens (including phenoxy) is 1. The molecular formula is C17H17N3O3. The molecule has 0 heterocycles. The van der Waals surface area contributed by atoms with E-state index in [9.17, 15) is 10.1 Å². The van der Waals surface area contributed by atoms with Crippen LogP contribution < -0.4 is 10.1 Å². The van der Waals surface area contributed by atoms with Gasteiger partial charge >= 0.3 is 0 Å². The molecule has 0 aliphatic rings. The highest BCUT2D eigenvalue weighted by Gasteiger charge is 2.12. The molecule has 2 rings (SSSR count). The second kappa shape index (κ2) is 7.38. The van der Waals surface area contributed by atoms with E-state index in [0.717, 1.165) is 11.1 Å². The maximum absolute atomic E-state index is 10.8. The molecule has 1 atom stereocenters. The van der Waals surface area contributed by atoms with Gasteiger partial charge in [-0.3, -0.25) is 10.1 Å². The molecule has 0 aliphatic carbocycles. The van der Waals surface area contributed by atoms with Crippen molar-refractivity contribution in [3.63, 3.8) is 0 Å². The molecule has 0 fully saturated rings. The summed E-state index contributed by atoms with van der Waals surface area (Å²) in [6.07, 6.45) is 0. The molecule has 23 heavy (non-hydrogen) atoms. The van der Waals surface area contributed by atoms with E-state index < -0.39 is 4.92 Å². The van der Waals surface area contributed by atoms with Gasteiger partial charge in [-0.15, -0.1) is 0 Å². The Labute approximate surface area is 134 Å². The Morgan fingerprint density at radius 1 is 1.35 bits per heavy atom. The highest BCUT2D eigenvalue weighted by molar-refractivity contribution is 5.42. The van der Waals surface area contributed by atoms with Crippen molar-refractivity contribution in [2.24, 2.45) is 0 Å². The Morgan fingerprint density at radius 3 is 2.78 bits per heavy atom. The number of non-ortho nitro benzene ring substituents is 1. The molecule has 0 aromatic heterocycles. The van der Waals surface area contributed by atoms with Gasteiger partial charge in [-0.05, 0) is 24.6 Å². The summed E-state index contributed by atoms with van der Waals surface area (Å²) < 4.78 is 5.30. The smallest absolute Gasteiger partial charge is 0.269 e. The Bertz CT molecular complexity index is 753. The minimum atomic E-state index is -0.403. The number of nitrogens with one attached hydrogen (secondary N) is 1. The predicted octanol–water partition coefficient (Wildman–Crippen LogP) is 3.33. The largest absolute Gasteiger partial charge is 0.496 e. The molecule has 0 saturated carbocycles. The van der Waals surface area contributed by atoms with Gasteiger partial charge in [-0.25, -0.2) is 0 Å². The molecular weight excluding hydrogens is 294 g/mol. The van der Waals surface area contributed by atoms with Gasteiger partial charge in [-0.1, -0.05) is 18.2 Å². The lowest BCUT2D eigenvalue weighted by atomic mass is 10.1. The summed E-state index contributed by atoms with van der Waals surface area (Å²) in [6, 6.07) is 13.8. The number of rotatable bonds is 6. The van der Waals surface area contributed by atoms with E-state index in [2.05, 4.69) is 11.4 Å². The highest BCUT2D eigenvalue weighted by atomic mass is 16.6. The molecule has 0 bridgehead atoms. The Balaban J connectivity index is 2.10. The molecule has 0 aliphatic heterocycles. The fourth-order valence-corrected chi connectivity index (χ4v) is 2.25. The van der Waals surface area contributed by atoms with Crippen molar-refractivity contribution in [2.45, 2.75) is 19.5 Å². The van der Waals surface area contributed by atoms with E-state index in [0.29, 0.717) is 17.9 Å². The number of nitrogens with zero attached hydrogens (tertiary/aromatic N) is 2. The van der Waals surface area contributed by atoms with Crippen molar-refractivity contribution < 1.29 is 9.66 Å². The topological polar surface area (TPSA) is 88.2 Å². The number of nitro groups is 1. The second-order valence-corrected chi connectivity index (χ2v) is 5.09. The molecule has 0 amide bonds. The first-order valence-electron chi connectivity index (χ1n) is 7.10. The highest BCUT2D eigenvalue weighted by Crippen LogP contribution is 2.22. The molecule has 6 heteroatoms. The van der Waals surface area contributed by atoms with Gasteiger partial charge in [0.2, 0.25) is 0 Å². The zero-order valence-corrected chi connectivity index (χ0v) is 12.9. The number of nitriles is 1. The number of nitro benzene ring substituents is 1. The monoisotopic (exact) mass is 311 g/mol. The van der Waals surface area contributed by atoms with Crippen LogP contribution in [0, 0.1) is 21.4 Å². The first-order chi connectivity index (χ1) is 11.0. The summed E-state index contributed by atoms with van der Waals surface area (Å²) in [7, 11) is 1.56. The van der Waals surface area contributed by atoms with Gasteiger partial charge < -0.3 is 10.1 Å². The van der Waals surface area contributed by atoms with Crippen LogP contribution in [0.15, 0.2) is 42.5 Å². The molecule has 2 aromatic rings. The number of hydrogen-bond donors (Lipinski definition) is 1. The second-order valence-electron chi connectivity index (χ2n) is 5.09. The average Bonchev–Trinajstić information content (AvgIpc) is 2.59. The van der Waals surface area contributed by atoms with E-state index in [1.54, 1.807) is 31.4 Å². The Kier molecular flexibility index (Phi) is 5.28. The maximum Gasteiger partial charge on any atom is 0.269 e. The molecule has 1 N–H and O–H groups in total. The van der Waals surface area contributed by atoms with Gasteiger partial charge in [0, 0.05) is 30.3 Å². The molecule has 0 saturated heterocycles. The third-order valence-electron chi connectivity index (χ3n) is 3.60. The summed E-state index contributed by atoms with van der Waals surface area (Å²) in [5.74, 6) is 0.641. The third kappa shape index (κ3) is 4.05. The predicted molar refractivity (Wildman–Crippen MR) is 86.1 cm³/mol. The van der Waals surface area contributed by atoms with Crippen molar-refractivity contribution in [3.05, 3.63) is 69.3 Å². The van der Waals surface area contributed by atoms with Crippen LogP contribution in [0.25, 0.3) is 0 Å². The summed E-state index contributed by atoms with van der Waals surface area (Å²) >= 11 is 0. The summed E-state index contributed by atoms with van der Waals surface area (Å²) in [4.78, 5) is 10.4. The minimum Gasteiger partial charge on any atom is -0.496 e. The fraction of sp³-hybridized carbons (Fsp3) is 0.235. The first kappa shape index (κ1) is 16.5. The van der Waals surface area contributed by atoms with Crippen LogP contribution in [0.5, 0.6) is 5.75 Å². The van der Waals surface area contributed by atoms with Gasteiger partial charge in [0.05, 0.1) is 23.7 Å². The van der Waals surface area contributed by atoms with Crippen LogP contribution in [0.2, 0.25) is 0 Å². The van der Waals surface area contributed by atoms with Crippen molar-refractivity contribution in [1.29, 1.82) is 5.26 Å². The van der Waals surface area contributed by atoms with Crippen molar-refractivity contribution >= 4 is 5.69 Å². The molecule has 0 radical (unpaired) electrons. The van der Waals surface area contributed by atoms with Crippen molar-refractivity contribution in [3.8, 4) is 11.8 Å².